The van der Waals surface area contributed by atoms with E-state index in [0.29, 0.717) is 5.13 Å². The summed E-state index contributed by atoms with van der Waals surface area (Å²) >= 11 is 1.42. The summed E-state index contributed by atoms with van der Waals surface area (Å²) in [7, 11) is 0. The van der Waals surface area contributed by atoms with Gasteiger partial charge in [-0.2, -0.15) is 5.26 Å². The average Bonchev–Trinajstić information content (AvgIpc) is 3.08. The van der Waals surface area contributed by atoms with E-state index < -0.39 is 5.91 Å². The number of anilines is 1. The molecule has 0 saturated heterocycles. The minimum absolute atomic E-state index is 0.0503. The minimum atomic E-state index is -0.450. The molecule has 1 N–H and O–H groups in total. The third-order valence-corrected chi connectivity index (χ3v) is 4.90. The molecule has 134 valence electrons. The summed E-state index contributed by atoms with van der Waals surface area (Å²) in [5.74, 6) is -0.450. The van der Waals surface area contributed by atoms with Crippen molar-refractivity contribution >= 4 is 28.5 Å². The molecule has 0 aliphatic rings. The number of nitrogens with one attached hydrogen (secondary N) is 1. The first-order chi connectivity index (χ1) is 13.0. The largest absolute Gasteiger partial charge is 0.297 e. The molecule has 0 atom stereocenters. The highest BCUT2D eigenvalue weighted by atomic mass is 32.1. The zero-order valence-electron chi connectivity index (χ0n) is 15.2. The number of aromatic nitrogens is 1. The minimum Gasteiger partial charge on any atom is -0.297 e. The van der Waals surface area contributed by atoms with Crippen LogP contribution in [-0.2, 0) is 11.2 Å². The Kier molecular flexibility index (Phi) is 5.80. The van der Waals surface area contributed by atoms with Crippen LogP contribution in [0, 0.1) is 25.2 Å². The molecular weight excluding hydrogens is 354 g/mol. The Labute approximate surface area is 162 Å². The fraction of sp³-hybridized carbons (Fsp3) is 0.136. The van der Waals surface area contributed by atoms with Crippen LogP contribution in [0.1, 0.15) is 27.1 Å². The molecule has 1 aromatic heterocycles. The van der Waals surface area contributed by atoms with Gasteiger partial charge in [0.25, 0.3) is 5.91 Å². The highest BCUT2D eigenvalue weighted by Gasteiger charge is 2.12. The van der Waals surface area contributed by atoms with Gasteiger partial charge in [-0.05, 0) is 31.1 Å². The number of carbonyl (C=O) groups excluding carboxylic acids is 1. The van der Waals surface area contributed by atoms with Gasteiger partial charge in [0.15, 0.2) is 5.13 Å². The Hall–Kier alpha value is -3.23. The summed E-state index contributed by atoms with van der Waals surface area (Å²) < 4.78 is 0. The highest BCUT2D eigenvalue weighted by molar-refractivity contribution is 7.15. The van der Waals surface area contributed by atoms with Crippen LogP contribution >= 0.6 is 11.3 Å². The Morgan fingerprint density at radius 2 is 1.96 bits per heavy atom. The fourth-order valence-electron chi connectivity index (χ4n) is 2.61. The van der Waals surface area contributed by atoms with Crippen molar-refractivity contribution in [2.45, 2.75) is 20.3 Å². The van der Waals surface area contributed by atoms with Gasteiger partial charge in [-0.15, -0.1) is 11.3 Å². The molecule has 0 saturated carbocycles. The van der Waals surface area contributed by atoms with Crippen LogP contribution in [0.15, 0.2) is 60.3 Å². The monoisotopic (exact) mass is 373 g/mol. The van der Waals surface area contributed by atoms with Gasteiger partial charge < -0.3 is 0 Å². The van der Waals surface area contributed by atoms with Crippen LogP contribution in [0.25, 0.3) is 6.08 Å². The second-order valence-electron chi connectivity index (χ2n) is 6.33. The molecule has 5 heteroatoms. The number of carbonyl (C=O) groups is 1. The number of aryl methyl sites for hydroxylation is 2. The van der Waals surface area contributed by atoms with Crippen LogP contribution < -0.4 is 5.32 Å². The lowest BCUT2D eigenvalue weighted by Crippen LogP contribution is -2.13. The van der Waals surface area contributed by atoms with Crippen LogP contribution in [0.2, 0.25) is 0 Å². The molecule has 0 radical (unpaired) electrons. The average molecular weight is 373 g/mol. The molecule has 1 heterocycles. The second kappa shape index (κ2) is 8.43. The lowest BCUT2D eigenvalue weighted by Gasteiger charge is -2.01. The quantitative estimate of drug-likeness (QED) is 0.511. The zero-order chi connectivity index (χ0) is 19.2. The first kappa shape index (κ1) is 18.6. The van der Waals surface area contributed by atoms with Crippen molar-refractivity contribution < 1.29 is 4.79 Å². The summed E-state index contributed by atoms with van der Waals surface area (Å²) in [5.41, 5.74) is 4.40. The van der Waals surface area contributed by atoms with Gasteiger partial charge in [0.1, 0.15) is 11.6 Å². The lowest BCUT2D eigenvalue weighted by atomic mass is 10.1. The van der Waals surface area contributed by atoms with Crippen molar-refractivity contribution in [1.29, 1.82) is 5.26 Å². The number of amides is 1. The smallest absolute Gasteiger partial charge is 0.268 e. The number of hydrogen-bond acceptors (Lipinski definition) is 4. The summed E-state index contributed by atoms with van der Waals surface area (Å²) in [6.07, 6.45) is 4.11. The summed E-state index contributed by atoms with van der Waals surface area (Å²) in [4.78, 5) is 17.7. The molecule has 0 unspecified atom stereocenters. The number of benzene rings is 2. The van der Waals surface area contributed by atoms with Crippen LogP contribution in [0.4, 0.5) is 5.13 Å². The molecule has 3 rings (SSSR count). The van der Waals surface area contributed by atoms with Gasteiger partial charge in [-0.3, -0.25) is 10.1 Å². The van der Waals surface area contributed by atoms with E-state index in [-0.39, 0.29) is 5.57 Å². The maximum Gasteiger partial charge on any atom is 0.268 e. The third kappa shape index (κ3) is 5.13. The van der Waals surface area contributed by atoms with Crippen molar-refractivity contribution in [2.75, 3.05) is 5.32 Å². The topological polar surface area (TPSA) is 65.8 Å². The molecule has 0 bridgehead atoms. The third-order valence-electron chi connectivity index (χ3n) is 3.99. The molecule has 0 aliphatic heterocycles. The van der Waals surface area contributed by atoms with E-state index in [0.717, 1.165) is 22.4 Å². The standard InChI is InChI=1S/C22H19N3OS/c1-15-6-8-17(9-7-15)11-19(13-23)21(26)25-22-24-14-20(27-22)12-18-5-3-4-16(2)10-18/h3-11,14H,12H2,1-2H3,(H,24,25,26). The first-order valence-corrected chi connectivity index (χ1v) is 9.35. The van der Waals surface area contributed by atoms with Crippen molar-refractivity contribution in [2.24, 2.45) is 0 Å². The molecule has 0 aliphatic carbocycles. The summed E-state index contributed by atoms with van der Waals surface area (Å²) in [6, 6.07) is 17.9. The van der Waals surface area contributed by atoms with Crippen molar-refractivity contribution in [3.05, 3.63) is 87.4 Å². The van der Waals surface area contributed by atoms with Crippen LogP contribution in [0.5, 0.6) is 0 Å². The van der Waals surface area contributed by atoms with Crippen LogP contribution in [0.3, 0.4) is 0 Å². The van der Waals surface area contributed by atoms with Gasteiger partial charge in [0.2, 0.25) is 0 Å². The Balaban J connectivity index is 1.69. The maximum absolute atomic E-state index is 12.4. The SMILES string of the molecule is Cc1ccc(C=C(C#N)C(=O)Nc2ncc(Cc3cccc(C)c3)s2)cc1. The normalized spacial score (nSPS) is 11.1. The Morgan fingerprint density at radius 3 is 2.67 bits per heavy atom. The van der Waals surface area contributed by atoms with Gasteiger partial charge in [0, 0.05) is 17.5 Å². The van der Waals surface area contributed by atoms with E-state index in [1.807, 2.05) is 43.3 Å². The number of rotatable bonds is 5. The molecule has 4 nitrogen and oxygen atoms in total. The zero-order valence-corrected chi connectivity index (χ0v) is 16.0. The van der Waals surface area contributed by atoms with Crippen molar-refractivity contribution in [1.82, 2.24) is 4.98 Å². The van der Waals surface area contributed by atoms with Crippen molar-refractivity contribution in [3.63, 3.8) is 0 Å². The molecule has 2 aromatic carbocycles. The van der Waals surface area contributed by atoms with Gasteiger partial charge >= 0.3 is 0 Å². The fourth-order valence-corrected chi connectivity index (χ4v) is 3.45. The summed E-state index contributed by atoms with van der Waals surface area (Å²) in [5, 5.41) is 12.5. The molecule has 27 heavy (non-hydrogen) atoms. The van der Waals surface area contributed by atoms with Crippen molar-refractivity contribution in [3.8, 4) is 6.07 Å². The molecule has 0 fully saturated rings. The predicted octanol–water partition coefficient (Wildman–Crippen LogP) is 4.90. The Bertz CT molecular complexity index is 1030. The van der Waals surface area contributed by atoms with E-state index in [9.17, 15) is 10.1 Å². The number of nitrogens with zero attached hydrogens (tertiary/aromatic N) is 2. The molecule has 1 amide bonds. The van der Waals surface area contributed by atoms with Gasteiger partial charge in [-0.1, -0.05) is 59.7 Å². The van der Waals surface area contributed by atoms with Crippen LogP contribution in [-0.4, -0.2) is 10.9 Å². The second-order valence-corrected chi connectivity index (χ2v) is 7.45. The molecule has 0 spiro atoms. The van der Waals surface area contributed by atoms with Gasteiger partial charge in [0.05, 0.1) is 0 Å². The number of thiazole rings is 1. The lowest BCUT2D eigenvalue weighted by molar-refractivity contribution is -0.112. The molecular formula is C22H19N3OS. The van der Waals surface area contributed by atoms with E-state index >= 15 is 0 Å². The van der Waals surface area contributed by atoms with Gasteiger partial charge in [-0.25, -0.2) is 4.98 Å². The Morgan fingerprint density at radius 1 is 1.19 bits per heavy atom. The highest BCUT2D eigenvalue weighted by Crippen LogP contribution is 2.22. The van der Waals surface area contributed by atoms with E-state index in [1.165, 1.54) is 22.5 Å². The summed E-state index contributed by atoms with van der Waals surface area (Å²) in [6.45, 7) is 4.05. The van der Waals surface area contributed by atoms with E-state index in [2.05, 4.69) is 35.4 Å². The van der Waals surface area contributed by atoms with E-state index in [4.69, 9.17) is 0 Å². The molecule has 3 aromatic rings. The van der Waals surface area contributed by atoms with E-state index in [1.54, 1.807) is 12.3 Å². The number of hydrogen-bond donors (Lipinski definition) is 1. The number of nitriles is 1. The first-order valence-electron chi connectivity index (χ1n) is 8.53. The predicted molar refractivity (Wildman–Crippen MR) is 109 cm³/mol. The maximum atomic E-state index is 12.4.